The Bertz CT molecular complexity index is 183. The highest BCUT2D eigenvalue weighted by molar-refractivity contribution is 5.01. The first-order chi connectivity index (χ1) is 5.50. The highest BCUT2D eigenvalue weighted by Gasteiger charge is 2.48. The minimum Gasteiger partial charge on any atom is -0.375 e. The maximum absolute atomic E-state index is 5.65. The molecule has 0 spiro atoms. The minimum atomic E-state index is 0.308. The lowest BCUT2D eigenvalue weighted by Crippen LogP contribution is -2.53. The second kappa shape index (κ2) is 2.46. The molecule has 0 radical (unpaired) electrons. The van der Waals surface area contributed by atoms with Crippen LogP contribution in [-0.4, -0.2) is 35.2 Å². The molecule has 12 heavy (non-hydrogen) atoms. The van der Waals surface area contributed by atoms with Gasteiger partial charge in [0, 0.05) is 17.6 Å². The molecule has 2 rings (SSSR count). The normalized spacial score (nSPS) is 42.5. The molecule has 0 aromatic carbocycles. The summed E-state index contributed by atoms with van der Waals surface area (Å²) in [5.41, 5.74) is 0.308. The summed E-state index contributed by atoms with van der Waals surface area (Å²) in [5.74, 6) is 0. The molecule has 3 atom stereocenters. The second-order valence-electron chi connectivity index (χ2n) is 5.08. The lowest BCUT2D eigenvalue weighted by Gasteiger charge is -2.42. The Hall–Kier alpha value is -0.0800. The van der Waals surface area contributed by atoms with Gasteiger partial charge < -0.3 is 4.74 Å². The van der Waals surface area contributed by atoms with Crippen molar-refractivity contribution in [2.24, 2.45) is 0 Å². The van der Waals surface area contributed by atoms with Crippen LogP contribution in [0.25, 0.3) is 0 Å². The molecule has 70 valence electrons. The van der Waals surface area contributed by atoms with Crippen LogP contribution < -0.4 is 0 Å². The Morgan fingerprint density at radius 1 is 1.33 bits per heavy atom. The number of likely N-dealkylation sites (tertiary alicyclic amines) is 1. The van der Waals surface area contributed by atoms with Gasteiger partial charge in [0.15, 0.2) is 0 Å². The zero-order valence-corrected chi connectivity index (χ0v) is 8.50. The summed E-state index contributed by atoms with van der Waals surface area (Å²) >= 11 is 0. The summed E-state index contributed by atoms with van der Waals surface area (Å²) < 4.78 is 5.65. The number of fused-ring (bicyclic) bond motifs is 2. The van der Waals surface area contributed by atoms with Gasteiger partial charge >= 0.3 is 0 Å². The molecule has 2 bridgehead atoms. The zero-order chi connectivity index (χ0) is 8.93. The first kappa shape index (κ1) is 8.52. The van der Waals surface area contributed by atoms with E-state index in [2.05, 4.69) is 32.6 Å². The standard InChI is InChI=1S/C10H19NO/c1-7-9-5-8(6-12-9)11(7)10(2,3)4/h7-9H,5-6H2,1-4H3/t7?,8-,9-/m1/s1. The van der Waals surface area contributed by atoms with Gasteiger partial charge in [-0.1, -0.05) is 0 Å². The number of hydrogen-bond donors (Lipinski definition) is 0. The van der Waals surface area contributed by atoms with Crippen molar-refractivity contribution in [3.63, 3.8) is 0 Å². The van der Waals surface area contributed by atoms with Crippen molar-refractivity contribution in [3.05, 3.63) is 0 Å². The van der Waals surface area contributed by atoms with E-state index in [1.54, 1.807) is 0 Å². The number of rotatable bonds is 0. The van der Waals surface area contributed by atoms with E-state index in [1.807, 2.05) is 0 Å². The van der Waals surface area contributed by atoms with Crippen LogP contribution >= 0.6 is 0 Å². The molecule has 2 fully saturated rings. The molecule has 2 aliphatic rings. The van der Waals surface area contributed by atoms with Crippen molar-refractivity contribution < 1.29 is 4.74 Å². The van der Waals surface area contributed by atoms with Gasteiger partial charge in [-0.3, -0.25) is 4.90 Å². The quantitative estimate of drug-likeness (QED) is 0.546. The monoisotopic (exact) mass is 169 g/mol. The number of ether oxygens (including phenoxy) is 1. The molecule has 0 aliphatic carbocycles. The van der Waals surface area contributed by atoms with Crippen LogP contribution in [-0.2, 0) is 4.74 Å². The van der Waals surface area contributed by atoms with Crippen molar-refractivity contribution in [2.45, 2.75) is 57.8 Å². The van der Waals surface area contributed by atoms with Crippen molar-refractivity contribution in [1.29, 1.82) is 0 Å². The van der Waals surface area contributed by atoms with E-state index < -0.39 is 0 Å². The van der Waals surface area contributed by atoms with Crippen molar-refractivity contribution in [3.8, 4) is 0 Å². The van der Waals surface area contributed by atoms with E-state index in [0.29, 0.717) is 23.7 Å². The van der Waals surface area contributed by atoms with E-state index in [4.69, 9.17) is 4.74 Å². The van der Waals surface area contributed by atoms with Crippen molar-refractivity contribution >= 4 is 0 Å². The lowest BCUT2D eigenvalue weighted by atomic mass is 10.0. The summed E-state index contributed by atoms with van der Waals surface area (Å²) in [6, 6.07) is 1.30. The van der Waals surface area contributed by atoms with Crippen LogP contribution in [0.15, 0.2) is 0 Å². The average Bonchev–Trinajstić information content (AvgIpc) is 2.42. The predicted octanol–water partition coefficient (Wildman–Crippen LogP) is 1.65. The maximum atomic E-state index is 5.65. The lowest BCUT2D eigenvalue weighted by molar-refractivity contribution is -0.0465. The van der Waals surface area contributed by atoms with E-state index in [-0.39, 0.29) is 0 Å². The van der Waals surface area contributed by atoms with Crippen LogP contribution in [0, 0.1) is 0 Å². The van der Waals surface area contributed by atoms with Crippen LogP contribution in [0.3, 0.4) is 0 Å². The number of nitrogens with zero attached hydrogens (tertiary/aromatic N) is 1. The zero-order valence-electron chi connectivity index (χ0n) is 8.50. The summed E-state index contributed by atoms with van der Waals surface area (Å²) in [4.78, 5) is 2.61. The fourth-order valence-corrected chi connectivity index (χ4v) is 2.84. The number of hydrogen-bond acceptors (Lipinski definition) is 2. The smallest absolute Gasteiger partial charge is 0.0744 e. The Balaban J connectivity index is 2.17. The molecule has 0 amide bonds. The highest BCUT2D eigenvalue weighted by Crippen LogP contribution is 2.38. The third-order valence-corrected chi connectivity index (χ3v) is 3.15. The predicted molar refractivity (Wildman–Crippen MR) is 49.2 cm³/mol. The maximum Gasteiger partial charge on any atom is 0.0744 e. The molecule has 0 aromatic heterocycles. The Morgan fingerprint density at radius 3 is 2.33 bits per heavy atom. The molecule has 2 heteroatoms. The van der Waals surface area contributed by atoms with Crippen molar-refractivity contribution in [1.82, 2.24) is 4.90 Å². The summed E-state index contributed by atoms with van der Waals surface area (Å²) in [6.07, 6.45) is 1.76. The van der Waals surface area contributed by atoms with Crippen LogP contribution in [0.1, 0.15) is 34.1 Å². The highest BCUT2D eigenvalue weighted by atomic mass is 16.5. The summed E-state index contributed by atoms with van der Waals surface area (Å²) in [5, 5.41) is 0. The summed E-state index contributed by atoms with van der Waals surface area (Å²) in [7, 11) is 0. The molecule has 2 aliphatic heterocycles. The molecular weight excluding hydrogens is 150 g/mol. The largest absolute Gasteiger partial charge is 0.375 e. The van der Waals surface area contributed by atoms with Crippen LogP contribution in [0.5, 0.6) is 0 Å². The van der Waals surface area contributed by atoms with Gasteiger partial charge in [0.25, 0.3) is 0 Å². The Morgan fingerprint density at radius 2 is 2.00 bits per heavy atom. The molecule has 2 nitrogen and oxygen atoms in total. The van der Waals surface area contributed by atoms with E-state index in [0.717, 1.165) is 6.61 Å². The van der Waals surface area contributed by atoms with Gasteiger partial charge in [-0.05, 0) is 34.1 Å². The molecule has 0 saturated carbocycles. The van der Waals surface area contributed by atoms with Crippen molar-refractivity contribution in [2.75, 3.05) is 6.61 Å². The van der Waals surface area contributed by atoms with E-state index in [1.165, 1.54) is 6.42 Å². The third-order valence-electron chi connectivity index (χ3n) is 3.15. The Kier molecular flexibility index (Phi) is 1.74. The first-order valence-corrected chi connectivity index (χ1v) is 4.90. The molecule has 2 heterocycles. The van der Waals surface area contributed by atoms with Crippen LogP contribution in [0.2, 0.25) is 0 Å². The number of morpholine rings is 1. The average molecular weight is 169 g/mol. The van der Waals surface area contributed by atoms with E-state index >= 15 is 0 Å². The molecule has 0 aromatic rings. The van der Waals surface area contributed by atoms with E-state index in [9.17, 15) is 0 Å². The second-order valence-corrected chi connectivity index (χ2v) is 5.08. The van der Waals surface area contributed by atoms with Gasteiger partial charge in [-0.15, -0.1) is 0 Å². The van der Waals surface area contributed by atoms with Gasteiger partial charge in [0.1, 0.15) is 0 Å². The summed E-state index contributed by atoms with van der Waals surface area (Å²) in [6.45, 7) is 10.1. The fourth-order valence-electron chi connectivity index (χ4n) is 2.84. The molecular formula is C10H19NO. The van der Waals surface area contributed by atoms with Gasteiger partial charge in [-0.25, -0.2) is 0 Å². The molecule has 0 N–H and O–H groups in total. The fraction of sp³-hybridized carbons (Fsp3) is 1.00. The third kappa shape index (κ3) is 1.09. The topological polar surface area (TPSA) is 12.5 Å². The Labute approximate surface area is 74.9 Å². The molecule has 1 unspecified atom stereocenters. The minimum absolute atomic E-state index is 0.308. The van der Waals surface area contributed by atoms with Gasteiger partial charge in [-0.2, -0.15) is 0 Å². The SMILES string of the molecule is CC1[C@H]2C[C@H](CO2)N1C(C)(C)C. The first-order valence-electron chi connectivity index (χ1n) is 4.90. The van der Waals surface area contributed by atoms with Crippen LogP contribution in [0.4, 0.5) is 0 Å². The molecule has 2 saturated heterocycles. The van der Waals surface area contributed by atoms with Gasteiger partial charge in [0.2, 0.25) is 0 Å². The van der Waals surface area contributed by atoms with Gasteiger partial charge in [0.05, 0.1) is 12.7 Å².